The summed E-state index contributed by atoms with van der Waals surface area (Å²) in [5.74, 6) is 0.00786. The molecule has 0 aliphatic rings. The van der Waals surface area contributed by atoms with Gasteiger partial charge in [-0.05, 0) is 40.2 Å². The highest BCUT2D eigenvalue weighted by atomic mass is 79.9. The number of nitrogens with zero attached hydrogens (tertiary/aromatic N) is 2. The summed E-state index contributed by atoms with van der Waals surface area (Å²) in [6, 6.07) is 10.6. The monoisotopic (exact) mass is 418 g/mol. The summed E-state index contributed by atoms with van der Waals surface area (Å²) in [7, 11) is 1.56. The van der Waals surface area contributed by atoms with Crippen LogP contribution in [0.3, 0.4) is 0 Å². The van der Waals surface area contributed by atoms with Gasteiger partial charge in [0.2, 0.25) is 0 Å². The lowest BCUT2D eigenvalue weighted by atomic mass is 10.3. The molecule has 0 aliphatic carbocycles. The second kappa shape index (κ2) is 7.44. The van der Waals surface area contributed by atoms with Gasteiger partial charge in [-0.15, -0.1) is 0 Å². The van der Waals surface area contributed by atoms with Crippen LogP contribution in [0.15, 0.2) is 51.5 Å². The molecule has 0 saturated heterocycles. The van der Waals surface area contributed by atoms with Crippen LogP contribution in [0.25, 0.3) is 0 Å². The Hall–Kier alpha value is -3.07. The van der Waals surface area contributed by atoms with Crippen molar-refractivity contribution in [2.45, 2.75) is 6.61 Å². The molecule has 0 saturated carbocycles. The van der Waals surface area contributed by atoms with E-state index < -0.39 is 11.8 Å². The van der Waals surface area contributed by atoms with Gasteiger partial charge in [0.1, 0.15) is 23.8 Å². The Morgan fingerprint density at radius 2 is 2.08 bits per heavy atom. The first kappa shape index (κ1) is 17.7. The number of anilines is 1. The molecule has 0 radical (unpaired) electrons. The van der Waals surface area contributed by atoms with Crippen LogP contribution >= 0.6 is 15.9 Å². The fourth-order valence-corrected chi connectivity index (χ4v) is 2.69. The lowest BCUT2D eigenvalue weighted by molar-refractivity contribution is 0.0992. The predicted octanol–water partition coefficient (Wildman–Crippen LogP) is 2.71. The molecule has 2 aromatic heterocycles. The van der Waals surface area contributed by atoms with E-state index in [0.29, 0.717) is 11.5 Å². The minimum atomic E-state index is -0.692. The number of benzene rings is 1. The molecule has 0 bridgehead atoms. The molecule has 0 atom stereocenters. The van der Waals surface area contributed by atoms with Crippen LogP contribution in [0.2, 0.25) is 0 Å². The summed E-state index contributed by atoms with van der Waals surface area (Å²) >= 11 is 3.39. The van der Waals surface area contributed by atoms with Crippen LogP contribution in [-0.4, -0.2) is 21.6 Å². The first-order valence-electron chi connectivity index (χ1n) is 7.55. The number of aryl methyl sites for hydroxylation is 1. The van der Waals surface area contributed by atoms with Crippen molar-refractivity contribution >= 4 is 33.4 Å². The zero-order valence-electron chi connectivity index (χ0n) is 13.7. The summed E-state index contributed by atoms with van der Waals surface area (Å²) in [5, 5.41) is 6.47. The number of ether oxygens (including phenoxy) is 1. The van der Waals surface area contributed by atoms with Crippen molar-refractivity contribution in [1.82, 2.24) is 9.78 Å². The number of primary amides is 1. The number of nitrogens with one attached hydrogen (secondary N) is 1. The normalized spacial score (nSPS) is 10.5. The van der Waals surface area contributed by atoms with Gasteiger partial charge >= 0.3 is 0 Å². The Morgan fingerprint density at radius 3 is 2.81 bits per heavy atom. The zero-order chi connectivity index (χ0) is 18.7. The van der Waals surface area contributed by atoms with E-state index in [1.807, 2.05) is 24.3 Å². The van der Waals surface area contributed by atoms with Crippen molar-refractivity contribution in [3.8, 4) is 5.75 Å². The van der Waals surface area contributed by atoms with Crippen LogP contribution < -0.4 is 15.8 Å². The fourth-order valence-electron chi connectivity index (χ4n) is 2.29. The highest BCUT2D eigenvalue weighted by molar-refractivity contribution is 9.10. The molecule has 0 fully saturated rings. The molecule has 3 rings (SSSR count). The third kappa shape index (κ3) is 3.77. The summed E-state index contributed by atoms with van der Waals surface area (Å²) in [5.41, 5.74) is 5.61. The highest BCUT2D eigenvalue weighted by Gasteiger charge is 2.19. The van der Waals surface area contributed by atoms with Crippen LogP contribution in [0.1, 0.15) is 26.8 Å². The summed E-state index contributed by atoms with van der Waals surface area (Å²) in [4.78, 5) is 23.7. The molecule has 3 N–H and O–H groups in total. The Kier molecular flexibility index (Phi) is 5.08. The van der Waals surface area contributed by atoms with Crippen molar-refractivity contribution in [2.24, 2.45) is 12.8 Å². The SMILES string of the molecule is Cn1ncc(NC(=O)c2ccc(COc3ccccc3Br)o2)c1C(N)=O. The molecule has 134 valence electrons. The van der Waals surface area contributed by atoms with E-state index in [1.54, 1.807) is 13.1 Å². The molecule has 8 nitrogen and oxygen atoms in total. The average molecular weight is 419 g/mol. The van der Waals surface area contributed by atoms with Gasteiger partial charge in [0.25, 0.3) is 11.8 Å². The van der Waals surface area contributed by atoms with Gasteiger partial charge in [-0.3, -0.25) is 14.3 Å². The smallest absolute Gasteiger partial charge is 0.291 e. The first-order valence-corrected chi connectivity index (χ1v) is 8.34. The van der Waals surface area contributed by atoms with E-state index in [9.17, 15) is 9.59 Å². The molecular formula is C17H15BrN4O4. The molecule has 2 amide bonds. The summed E-state index contributed by atoms with van der Waals surface area (Å²) in [6.07, 6.45) is 1.35. The summed E-state index contributed by atoms with van der Waals surface area (Å²) in [6.45, 7) is 0.162. The fraction of sp³-hybridized carbons (Fsp3) is 0.118. The largest absolute Gasteiger partial charge is 0.484 e. The number of carbonyl (C=O) groups is 2. The number of rotatable bonds is 6. The number of halogens is 1. The van der Waals surface area contributed by atoms with E-state index in [0.717, 1.165) is 4.47 Å². The zero-order valence-corrected chi connectivity index (χ0v) is 15.3. The van der Waals surface area contributed by atoms with Crippen molar-refractivity contribution < 1.29 is 18.7 Å². The molecule has 26 heavy (non-hydrogen) atoms. The number of amides is 2. The molecule has 3 aromatic rings. The van der Waals surface area contributed by atoms with E-state index >= 15 is 0 Å². The number of nitrogens with two attached hydrogens (primary N) is 1. The highest BCUT2D eigenvalue weighted by Crippen LogP contribution is 2.25. The van der Waals surface area contributed by atoms with Crippen LogP contribution in [0.4, 0.5) is 5.69 Å². The third-order valence-corrected chi connectivity index (χ3v) is 4.17. The van der Waals surface area contributed by atoms with Crippen molar-refractivity contribution in [2.75, 3.05) is 5.32 Å². The standard InChI is InChI=1S/C17H15BrN4O4/c1-22-15(16(19)23)12(8-20-22)21-17(24)14-7-6-10(26-14)9-25-13-5-3-2-4-11(13)18/h2-8H,9H2,1H3,(H2,19,23)(H,21,24). The lowest BCUT2D eigenvalue weighted by Gasteiger charge is -2.06. The maximum atomic E-state index is 12.3. The molecule has 2 heterocycles. The molecule has 0 unspecified atom stereocenters. The molecule has 9 heteroatoms. The van der Waals surface area contributed by atoms with Crippen LogP contribution in [0, 0.1) is 0 Å². The number of aromatic nitrogens is 2. The number of hydrogen-bond acceptors (Lipinski definition) is 5. The van der Waals surface area contributed by atoms with E-state index in [-0.39, 0.29) is 23.7 Å². The molecule has 1 aromatic carbocycles. The van der Waals surface area contributed by atoms with Crippen molar-refractivity contribution in [3.63, 3.8) is 0 Å². The molecule has 0 spiro atoms. The Bertz CT molecular complexity index is 963. The Balaban J connectivity index is 1.67. The van der Waals surface area contributed by atoms with Gasteiger partial charge in [0.05, 0.1) is 16.4 Å². The minimum absolute atomic E-state index is 0.0787. The quantitative estimate of drug-likeness (QED) is 0.638. The van der Waals surface area contributed by atoms with Crippen LogP contribution in [0.5, 0.6) is 5.75 Å². The van der Waals surface area contributed by atoms with Gasteiger partial charge < -0.3 is 20.2 Å². The third-order valence-electron chi connectivity index (χ3n) is 3.51. The Morgan fingerprint density at radius 1 is 1.31 bits per heavy atom. The average Bonchev–Trinajstić information content (AvgIpc) is 3.21. The van der Waals surface area contributed by atoms with Crippen molar-refractivity contribution in [3.05, 3.63) is 64.3 Å². The first-order chi connectivity index (χ1) is 12.5. The van der Waals surface area contributed by atoms with Crippen molar-refractivity contribution in [1.29, 1.82) is 0 Å². The maximum absolute atomic E-state index is 12.3. The second-order valence-corrected chi connectivity index (χ2v) is 6.19. The molecular weight excluding hydrogens is 404 g/mol. The van der Waals surface area contributed by atoms with Gasteiger partial charge in [0, 0.05) is 7.05 Å². The predicted molar refractivity (Wildman–Crippen MR) is 96.9 cm³/mol. The second-order valence-electron chi connectivity index (χ2n) is 5.33. The van der Waals surface area contributed by atoms with E-state index in [2.05, 4.69) is 26.3 Å². The number of carbonyl (C=O) groups excluding carboxylic acids is 2. The van der Waals surface area contributed by atoms with Gasteiger partial charge in [-0.1, -0.05) is 12.1 Å². The Labute approximate surface area is 157 Å². The number of furan rings is 1. The van der Waals surface area contributed by atoms with Gasteiger partial charge in [-0.25, -0.2) is 0 Å². The minimum Gasteiger partial charge on any atom is -0.484 e. The van der Waals surface area contributed by atoms with Gasteiger partial charge in [0.15, 0.2) is 5.76 Å². The van der Waals surface area contributed by atoms with E-state index in [4.69, 9.17) is 14.9 Å². The number of para-hydroxylation sites is 1. The number of hydrogen-bond donors (Lipinski definition) is 2. The van der Waals surface area contributed by atoms with Gasteiger partial charge in [-0.2, -0.15) is 5.10 Å². The lowest BCUT2D eigenvalue weighted by Crippen LogP contribution is -2.20. The topological polar surface area (TPSA) is 112 Å². The van der Waals surface area contributed by atoms with E-state index in [1.165, 1.54) is 16.9 Å². The summed E-state index contributed by atoms with van der Waals surface area (Å²) < 4.78 is 13.2. The molecule has 0 aliphatic heterocycles. The maximum Gasteiger partial charge on any atom is 0.291 e. The van der Waals surface area contributed by atoms with Crippen LogP contribution in [-0.2, 0) is 13.7 Å².